The fourth-order valence-corrected chi connectivity index (χ4v) is 2.02. The number of nitrogens with one attached hydrogen (secondary N) is 1. The van der Waals surface area contributed by atoms with Crippen LogP contribution in [0.1, 0.15) is 18.4 Å². The van der Waals surface area contributed by atoms with Gasteiger partial charge in [0.1, 0.15) is 0 Å². The zero-order valence-corrected chi connectivity index (χ0v) is 9.78. The fourth-order valence-electron chi connectivity index (χ4n) is 2.02. The molecule has 1 aliphatic heterocycles. The predicted octanol–water partition coefficient (Wildman–Crippen LogP) is 1.98. The molecular weight excluding hydrogens is 214 g/mol. The summed E-state index contributed by atoms with van der Waals surface area (Å²) in [5, 5.41) is 12.1. The molecule has 0 aliphatic carbocycles. The maximum atomic E-state index is 8.74. The lowest BCUT2D eigenvalue weighted by Crippen LogP contribution is -2.24. The van der Waals surface area contributed by atoms with Crippen LogP contribution in [0.4, 0.5) is 11.4 Å². The summed E-state index contributed by atoms with van der Waals surface area (Å²) >= 11 is 0. The van der Waals surface area contributed by atoms with Crippen molar-refractivity contribution in [3.05, 3.63) is 23.8 Å². The third kappa shape index (κ3) is 3.11. The lowest BCUT2D eigenvalue weighted by molar-refractivity contribution is 0.0595. The number of hydrogen-bond acceptors (Lipinski definition) is 4. The Bertz CT molecular complexity index is 419. The Labute approximate surface area is 101 Å². The summed E-state index contributed by atoms with van der Waals surface area (Å²) in [6.45, 7) is 2.58. The molecule has 1 aromatic carbocycles. The molecular formula is C13H17N3O. The zero-order valence-electron chi connectivity index (χ0n) is 9.78. The van der Waals surface area contributed by atoms with Crippen molar-refractivity contribution in [1.29, 1.82) is 5.26 Å². The van der Waals surface area contributed by atoms with Crippen LogP contribution in [0, 0.1) is 17.2 Å². The predicted molar refractivity (Wildman–Crippen MR) is 67.6 cm³/mol. The van der Waals surface area contributed by atoms with E-state index in [1.54, 1.807) is 12.1 Å². The molecule has 90 valence electrons. The highest BCUT2D eigenvalue weighted by molar-refractivity contribution is 5.68. The molecule has 1 atom stereocenters. The zero-order chi connectivity index (χ0) is 12.1. The topological polar surface area (TPSA) is 71.1 Å². The van der Waals surface area contributed by atoms with Gasteiger partial charge in [0.15, 0.2) is 0 Å². The van der Waals surface area contributed by atoms with Crippen LogP contribution in [0.2, 0.25) is 0 Å². The Morgan fingerprint density at radius 2 is 2.41 bits per heavy atom. The van der Waals surface area contributed by atoms with Gasteiger partial charge in [-0.15, -0.1) is 0 Å². The van der Waals surface area contributed by atoms with Crippen LogP contribution in [0.15, 0.2) is 18.2 Å². The number of anilines is 2. The van der Waals surface area contributed by atoms with E-state index < -0.39 is 0 Å². The average molecular weight is 231 g/mol. The monoisotopic (exact) mass is 231 g/mol. The van der Waals surface area contributed by atoms with E-state index in [1.807, 2.05) is 6.07 Å². The van der Waals surface area contributed by atoms with Crippen LogP contribution < -0.4 is 11.1 Å². The number of nitrogen functional groups attached to an aromatic ring is 1. The van der Waals surface area contributed by atoms with Crippen molar-refractivity contribution in [2.45, 2.75) is 12.8 Å². The van der Waals surface area contributed by atoms with Crippen LogP contribution >= 0.6 is 0 Å². The SMILES string of the molecule is N#Cc1ccc(NCC2CCCOC2)c(N)c1. The van der Waals surface area contributed by atoms with Crippen LogP contribution in [0.3, 0.4) is 0 Å². The summed E-state index contributed by atoms with van der Waals surface area (Å²) in [6.07, 6.45) is 2.33. The van der Waals surface area contributed by atoms with Crippen molar-refractivity contribution in [2.75, 3.05) is 30.8 Å². The average Bonchev–Trinajstić information content (AvgIpc) is 2.38. The highest BCUT2D eigenvalue weighted by Gasteiger charge is 2.13. The minimum absolute atomic E-state index is 0.554. The Morgan fingerprint density at radius 3 is 3.06 bits per heavy atom. The second kappa shape index (κ2) is 5.55. The second-order valence-corrected chi connectivity index (χ2v) is 4.38. The summed E-state index contributed by atoms with van der Waals surface area (Å²) < 4.78 is 5.42. The number of hydrogen-bond donors (Lipinski definition) is 2. The van der Waals surface area contributed by atoms with Crippen molar-refractivity contribution in [3.63, 3.8) is 0 Å². The molecule has 1 aliphatic rings. The molecule has 0 amide bonds. The molecule has 1 fully saturated rings. The summed E-state index contributed by atoms with van der Waals surface area (Å²) in [6, 6.07) is 7.40. The normalized spacial score (nSPS) is 19.6. The fraction of sp³-hybridized carbons (Fsp3) is 0.462. The molecule has 2 rings (SSSR count). The van der Waals surface area contributed by atoms with E-state index in [2.05, 4.69) is 11.4 Å². The van der Waals surface area contributed by atoms with E-state index in [9.17, 15) is 0 Å². The van der Waals surface area contributed by atoms with Crippen molar-refractivity contribution < 1.29 is 4.74 Å². The molecule has 17 heavy (non-hydrogen) atoms. The molecule has 4 heteroatoms. The van der Waals surface area contributed by atoms with Crippen LogP contribution in [-0.2, 0) is 4.74 Å². The third-order valence-corrected chi connectivity index (χ3v) is 3.02. The Morgan fingerprint density at radius 1 is 1.53 bits per heavy atom. The summed E-state index contributed by atoms with van der Waals surface area (Å²) in [4.78, 5) is 0. The van der Waals surface area contributed by atoms with Crippen LogP contribution in [0.25, 0.3) is 0 Å². The molecule has 0 spiro atoms. The third-order valence-electron chi connectivity index (χ3n) is 3.02. The molecule has 1 aromatic rings. The van der Waals surface area contributed by atoms with E-state index in [4.69, 9.17) is 15.7 Å². The van der Waals surface area contributed by atoms with Gasteiger partial charge in [0, 0.05) is 13.2 Å². The van der Waals surface area contributed by atoms with Crippen molar-refractivity contribution >= 4 is 11.4 Å². The molecule has 0 aromatic heterocycles. The number of nitrogens with zero attached hydrogens (tertiary/aromatic N) is 1. The number of benzene rings is 1. The van der Waals surface area contributed by atoms with Gasteiger partial charge >= 0.3 is 0 Å². The summed E-state index contributed by atoms with van der Waals surface area (Å²) in [5.74, 6) is 0.554. The van der Waals surface area contributed by atoms with Crippen LogP contribution in [-0.4, -0.2) is 19.8 Å². The van der Waals surface area contributed by atoms with Gasteiger partial charge in [-0.3, -0.25) is 0 Å². The summed E-state index contributed by atoms with van der Waals surface area (Å²) in [7, 11) is 0. The lowest BCUT2D eigenvalue weighted by atomic mass is 10.0. The molecule has 1 unspecified atom stereocenters. The molecule has 1 saturated heterocycles. The summed E-state index contributed by atoms with van der Waals surface area (Å²) in [5.41, 5.74) is 7.98. The highest BCUT2D eigenvalue weighted by atomic mass is 16.5. The van der Waals surface area contributed by atoms with Gasteiger partial charge in [0.25, 0.3) is 0 Å². The smallest absolute Gasteiger partial charge is 0.0992 e. The number of rotatable bonds is 3. The maximum Gasteiger partial charge on any atom is 0.0992 e. The van der Waals surface area contributed by atoms with E-state index >= 15 is 0 Å². The Hall–Kier alpha value is -1.73. The number of nitrogens with two attached hydrogens (primary N) is 1. The minimum atomic E-state index is 0.554. The quantitative estimate of drug-likeness (QED) is 0.780. The second-order valence-electron chi connectivity index (χ2n) is 4.38. The Kier molecular flexibility index (Phi) is 3.84. The first-order valence-electron chi connectivity index (χ1n) is 5.91. The van der Waals surface area contributed by atoms with Gasteiger partial charge in [0.05, 0.1) is 29.6 Å². The van der Waals surface area contributed by atoms with Gasteiger partial charge in [-0.25, -0.2) is 0 Å². The van der Waals surface area contributed by atoms with E-state index in [0.29, 0.717) is 17.2 Å². The molecule has 0 bridgehead atoms. The molecule has 0 saturated carbocycles. The standard InChI is InChI=1S/C13H17N3O/c14-7-10-3-4-13(12(15)6-10)16-8-11-2-1-5-17-9-11/h3-4,6,11,16H,1-2,5,8-9,15H2. The largest absolute Gasteiger partial charge is 0.397 e. The first kappa shape index (κ1) is 11.7. The van der Waals surface area contributed by atoms with Gasteiger partial charge < -0.3 is 15.8 Å². The maximum absolute atomic E-state index is 8.74. The van der Waals surface area contributed by atoms with Crippen molar-refractivity contribution in [1.82, 2.24) is 0 Å². The first-order valence-corrected chi connectivity index (χ1v) is 5.91. The van der Waals surface area contributed by atoms with E-state index in [-0.39, 0.29) is 0 Å². The molecule has 0 radical (unpaired) electrons. The van der Waals surface area contributed by atoms with Gasteiger partial charge in [0.2, 0.25) is 0 Å². The van der Waals surface area contributed by atoms with Gasteiger partial charge in [-0.2, -0.15) is 5.26 Å². The number of nitriles is 1. The lowest BCUT2D eigenvalue weighted by Gasteiger charge is -2.23. The van der Waals surface area contributed by atoms with Gasteiger partial charge in [-0.05, 0) is 37.0 Å². The van der Waals surface area contributed by atoms with Crippen LogP contribution in [0.5, 0.6) is 0 Å². The highest BCUT2D eigenvalue weighted by Crippen LogP contribution is 2.21. The Balaban J connectivity index is 1.92. The van der Waals surface area contributed by atoms with E-state index in [0.717, 1.165) is 31.9 Å². The van der Waals surface area contributed by atoms with Crippen molar-refractivity contribution in [3.8, 4) is 6.07 Å². The van der Waals surface area contributed by atoms with Crippen molar-refractivity contribution in [2.24, 2.45) is 5.92 Å². The molecule has 4 nitrogen and oxygen atoms in total. The van der Waals surface area contributed by atoms with E-state index in [1.165, 1.54) is 6.42 Å². The molecule has 1 heterocycles. The molecule has 3 N–H and O–H groups in total. The van der Waals surface area contributed by atoms with Gasteiger partial charge in [-0.1, -0.05) is 0 Å². The minimum Gasteiger partial charge on any atom is -0.397 e. The number of ether oxygens (including phenoxy) is 1. The first-order chi connectivity index (χ1) is 8.29.